The molecule has 1 aliphatic heterocycles. The Balaban J connectivity index is 1.56. The van der Waals surface area contributed by atoms with Gasteiger partial charge in [-0.05, 0) is 56.1 Å². The van der Waals surface area contributed by atoms with Crippen molar-refractivity contribution < 1.29 is 4.39 Å². The molecule has 1 saturated heterocycles. The molecule has 1 atom stereocenters. The van der Waals surface area contributed by atoms with Gasteiger partial charge in [-0.2, -0.15) is 0 Å². The Hall–Kier alpha value is -2.20. The molecule has 0 amide bonds. The highest BCUT2D eigenvalue weighted by atomic mass is 19.1. The summed E-state index contributed by atoms with van der Waals surface area (Å²) < 4.78 is 15.6. The van der Waals surface area contributed by atoms with Gasteiger partial charge in [0.25, 0.3) is 0 Å². The summed E-state index contributed by atoms with van der Waals surface area (Å²) in [5.74, 6) is 1.33. The van der Waals surface area contributed by atoms with Gasteiger partial charge < -0.3 is 4.40 Å². The minimum atomic E-state index is -0.156. The van der Waals surface area contributed by atoms with Crippen LogP contribution in [0.4, 0.5) is 4.39 Å². The van der Waals surface area contributed by atoms with Gasteiger partial charge in [0.2, 0.25) is 0 Å². The monoisotopic (exact) mass is 323 g/mol. The Morgan fingerprint density at radius 3 is 3.00 bits per heavy atom. The third kappa shape index (κ3) is 2.94. The van der Waals surface area contributed by atoms with Crippen LogP contribution in [0.15, 0.2) is 48.7 Å². The molecular formula is C20H22FN3. The number of piperidine rings is 1. The SMILES string of the molecule is Cc1nc([C@@H]2CCCN(Cc3cccc(F)c3)C2)c2ccccn12. The first-order valence-electron chi connectivity index (χ1n) is 8.61. The molecule has 0 aliphatic carbocycles. The van der Waals surface area contributed by atoms with Crippen LogP contribution in [0.5, 0.6) is 0 Å². The van der Waals surface area contributed by atoms with E-state index in [1.165, 1.54) is 23.7 Å². The van der Waals surface area contributed by atoms with Crippen LogP contribution in [0.2, 0.25) is 0 Å². The average Bonchev–Trinajstić information content (AvgIpc) is 2.93. The topological polar surface area (TPSA) is 20.5 Å². The van der Waals surface area contributed by atoms with E-state index in [-0.39, 0.29) is 5.82 Å². The number of aryl methyl sites for hydroxylation is 1. The Kier molecular flexibility index (Phi) is 4.07. The van der Waals surface area contributed by atoms with Gasteiger partial charge in [0.05, 0.1) is 11.2 Å². The van der Waals surface area contributed by atoms with E-state index >= 15 is 0 Å². The predicted octanol–water partition coefficient (Wildman–Crippen LogP) is 4.16. The minimum absolute atomic E-state index is 0.156. The molecule has 1 fully saturated rings. The molecular weight excluding hydrogens is 301 g/mol. The molecule has 3 heterocycles. The first kappa shape index (κ1) is 15.3. The summed E-state index contributed by atoms with van der Waals surface area (Å²) in [5, 5.41) is 0. The van der Waals surface area contributed by atoms with Crippen molar-refractivity contribution in [1.82, 2.24) is 14.3 Å². The van der Waals surface area contributed by atoms with Gasteiger partial charge >= 0.3 is 0 Å². The molecule has 4 heteroatoms. The number of likely N-dealkylation sites (tertiary alicyclic amines) is 1. The maximum atomic E-state index is 13.4. The van der Waals surface area contributed by atoms with E-state index in [4.69, 9.17) is 4.98 Å². The smallest absolute Gasteiger partial charge is 0.123 e. The van der Waals surface area contributed by atoms with Gasteiger partial charge in [-0.3, -0.25) is 4.90 Å². The number of pyridine rings is 1. The zero-order valence-electron chi connectivity index (χ0n) is 14.0. The lowest BCUT2D eigenvalue weighted by Crippen LogP contribution is -2.34. The lowest BCUT2D eigenvalue weighted by atomic mass is 9.93. The molecule has 1 aromatic carbocycles. The lowest BCUT2D eigenvalue weighted by molar-refractivity contribution is 0.199. The van der Waals surface area contributed by atoms with Crippen molar-refractivity contribution in [2.45, 2.75) is 32.2 Å². The van der Waals surface area contributed by atoms with Gasteiger partial charge in [0, 0.05) is 25.2 Å². The second-order valence-electron chi connectivity index (χ2n) is 6.70. The fraction of sp³-hybridized carbons (Fsp3) is 0.350. The van der Waals surface area contributed by atoms with Gasteiger partial charge in [0.15, 0.2) is 0 Å². The number of halogens is 1. The molecule has 3 aromatic rings. The highest BCUT2D eigenvalue weighted by molar-refractivity contribution is 5.54. The number of aromatic nitrogens is 2. The van der Waals surface area contributed by atoms with E-state index in [1.807, 2.05) is 12.1 Å². The van der Waals surface area contributed by atoms with Crippen LogP contribution in [0, 0.1) is 12.7 Å². The van der Waals surface area contributed by atoms with E-state index < -0.39 is 0 Å². The fourth-order valence-electron chi connectivity index (χ4n) is 3.84. The molecule has 1 aliphatic rings. The average molecular weight is 323 g/mol. The highest BCUT2D eigenvalue weighted by Crippen LogP contribution is 2.30. The third-order valence-electron chi connectivity index (χ3n) is 4.94. The molecule has 3 nitrogen and oxygen atoms in total. The highest BCUT2D eigenvalue weighted by Gasteiger charge is 2.25. The summed E-state index contributed by atoms with van der Waals surface area (Å²) >= 11 is 0. The maximum Gasteiger partial charge on any atom is 0.123 e. The molecule has 0 radical (unpaired) electrons. The van der Waals surface area contributed by atoms with Gasteiger partial charge in [0.1, 0.15) is 11.6 Å². The van der Waals surface area contributed by atoms with Crippen molar-refractivity contribution in [2.75, 3.05) is 13.1 Å². The molecule has 124 valence electrons. The Labute approximate surface area is 141 Å². The molecule has 24 heavy (non-hydrogen) atoms. The van der Waals surface area contributed by atoms with Crippen molar-refractivity contribution in [3.8, 4) is 0 Å². The number of fused-ring (bicyclic) bond motifs is 1. The van der Waals surface area contributed by atoms with E-state index in [1.54, 1.807) is 12.1 Å². The van der Waals surface area contributed by atoms with E-state index in [0.717, 1.165) is 37.4 Å². The quantitative estimate of drug-likeness (QED) is 0.721. The molecule has 4 rings (SSSR count). The Morgan fingerprint density at radius 1 is 1.21 bits per heavy atom. The zero-order valence-corrected chi connectivity index (χ0v) is 14.0. The molecule has 0 N–H and O–H groups in total. The number of benzene rings is 1. The summed E-state index contributed by atoms with van der Waals surface area (Å²) in [4.78, 5) is 7.27. The number of hydrogen-bond acceptors (Lipinski definition) is 2. The summed E-state index contributed by atoms with van der Waals surface area (Å²) in [6, 6.07) is 13.2. The van der Waals surface area contributed by atoms with Crippen LogP contribution in [0.1, 0.15) is 35.8 Å². The van der Waals surface area contributed by atoms with Gasteiger partial charge in [-0.1, -0.05) is 18.2 Å². The lowest BCUT2D eigenvalue weighted by Gasteiger charge is -2.32. The van der Waals surface area contributed by atoms with Crippen LogP contribution in [-0.2, 0) is 6.54 Å². The van der Waals surface area contributed by atoms with E-state index in [9.17, 15) is 4.39 Å². The van der Waals surface area contributed by atoms with Gasteiger partial charge in [-0.15, -0.1) is 0 Å². The normalized spacial score (nSPS) is 19.0. The van der Waals surface area contributed by atoms with E-state index in [2.05, 4.69) is 34.6 Å². The number of imidazole rings is 1. The number of hydrogen-bond donors (Lipinski definition) is 0. The molecule has 0 saturated carbocycles. The van der Waals surface area contributed by atoms with Gasteiger partial charge in [-0.25, -0.2) is 9.37 Å². The molecule has 2 aromatic heterocycles. The van der Waals surface area contributed by atoms with Crippen molar-refractivity contribution in [3.63, 3.8) is 0 Å². The fourth-order valence-corrected chi connectivity index (χ4v) is 3.84. The first-order chi connectivity index (χ1) is 11.7. The predicted molar refractivity (Wildman–Crippen MR) is 93.6 cm³/mol. The third-order valence-corrected chi connectivity index (χ3v) is 4.94. The Bertz CT molecular complexity index is 855. The number of nitrogens with zero attached hydrogens (tertiary/aromatic N) is 3. The summed E-state index contributed by atoms with van der Waals surface area (Å²) in [5.41, 5.74) is 3.46. The van der Waals surface area contributed by atoms with Crippen LogP contribution in [0.25, 0.3) is 5.52 Å². The van der Waals surface area contributed by atoms with E-state index in [0.29, 0.717) is 5.92 Å². The number of rotatable bonds is 3. The maximum absolute atomic E-state index is 13.4. The summed E-state index contributed by atoms with van der Waals surface area (Å²) in [7, 11) is 0. The van der Waals surface area contributed by atoms with Crippen LogP contribution in [0.3, 0.4) is 0 Å². The minimum Gasteiger partial charge on any atom is -0.304 e. The Morgan fingerprint density at radius 2 is 2.12 bits per heavy atom. The molecule has 0 bridgehead atoms. The standard InChI is InChI=1S/C20H22FN3/c1-15-22-20(19-9-2-3-11-24(15)19)17-7-5-10-23(14-17)13-16-6-4-8-18(21)12-16/h2-4,6,8-9,11-12,17H,5,7,10,13-14H2,1H3/t17-/m1/s1. The summed E-state index contributed by atoms with van der Waals surface area (Å²) in [6.07, 6.45) is 4.40. The largest absolute Gasteiger partial charge is 0.304 e. The second-order valence-corrected chi connectivity index (χ2v) is 6.70. The second kappa shape index (κ2) is 6.36. The van der Waals surface area contributed by atoms with Crippen molar-refractivity contribution in [1.29, 1.82) is 0 Å². The first-order valence-corrected chi connectivity index (χ1v) is 8.61. The van der Waals surface area contributed by atoms with Crippen LogP contribution >= 0.6 is 0 Å². The molecule has 0 unspecified atom stereocenters. The van der Waals surface area contributed by atoms with Crippen molar-refractivity contribution >= 4 is 5.52 Å². The zero-order chi connectivity index (χ0) is 16.5. The van der Waals surface area contributed by atoms with Crippen LogP contribution < -0.4 is 0 Å². The molecule has 0 spiro atoms. The van der Waals surface area contributed by atoms with Crippen LogP contribution in [-0.4, -0.2) is 27.4 Å². The summed E-state index contributed by atoms with van der Waals surface area (Å²) in [6.45, 7) is 4.91. The van der Waals surface area contributed by atoms with Crippen molar-refractivity contribution in [2.24, 2.45) is 0 Å². The van der Waals surface area contributed by atoms with Crippen molar-refractivity contribution in [3.05, 3.63) is 71.6 Å².